The van der Waals surface area contributed by atoms with E-state index < -0.39 is 5.91 Å². The van der Waals surface area contributed by atoms with Gasteiger partial charge in [-0.25, -0.2) is 4.99 Å². The second kappa shape index (κ2) is 14.1. The fourth-order valence-corrected chi connectivity index (χ4v) is 1.82. The molecule has 0 atom stereocenters. The number of primary amides is 1. The molecule has 0 saturated heterocycles. The van der Waals surface area contributed by atoms with Crippen LogP contribution in [0.3, 0.4) is 0 Å². The van der Waals surface area contributed by atoms with E-state index in [2.05, 4.69) is 22.5 Å². The molecular weight excluding hydrogens is 423 g/mol. The van der Waals surface area contributed by atoms with E-state index in [1.807, 2.05) is 6.92 Å². The Balaban J connectivity index is 0.00000529. The summed E-state index contributed by atoms with van der Waals surface area (Å²) < 4.78 is 10.8. The number of nitrogens with one attached hydrogen (secondary N) is 2. The number of guanidine groups is 1. The summed E-state index contributed by atoms with van der Waals surface area (Å²) >= 11 is 0. The number of rotatable bonds is 11. The number of hydrogen-bond donors (Lipinski definition) is 3. The predicted octanol–water partition coefficient (Wildman–Crippen LogP) is 2.26. The van der Waals surface area contributed by atoms with Crippen LogP contribution in [0.5, 0.6) is 0 Å². The monoisotopic (exact) mass is 452 g/mol. The van der Waals surface area contributed by atoms with Crippen molar-refractivity contribution in [1.29, 1.82) is 0 Å². The van der Waals surface area contributed by atoms with Crippen molar-refractivity contribution in [2.45, 2.75) is 39.7 Å². The molecule has 0 aliphatic rings. The largest absolute Gasteiger partial charge is 0.454 e. The molecular formula is C16H29IN4O3. The molecule has 4 N–H and O–H groups in total. The van der Waals surface area contributed by atoms with E-state index in [1.165, 1.54) is 0 Å². The highest BCUT2D eigenvalue weighted by Gasteiger charge is 2.06. The lowest BCUT2D eigenvalue weighted by atomic mass is 10.4. The van der Waals surface area contributed by atoms with E-state index in [0.29, 0.717) is 18.3 Å². The van der Waals surface area contributed by atoms with Crippen LogP contribution < -0.4 is 16.4 Å². The lowest BCUT2D eigenvalue weighted by Gasteiger charge is -2.11. The highest BCUT2D eigenvalue weighted by Crippen LogP contribution is 2.08. The average molecular weight is 452 g/mol. The average Bonchev–Trinajstić information content (AvgIpc) is 3.01. The molecule has 0 aliphatic heterocycles. The minimum atomic E-state index is -0.576. The first kappa shape index (κ1) is 22.7. The van der Waals surface area contributed by atoms with Gasteiger partial charge in [-0.05, 0) is 31.9 Å². The van der Waals surface area contributed by atoms with Crippen molar-refractivity contribution in [3.8, 4) is 0 Å². The normalized spacial score (nSPS) is 11.0. The molecule has 8 heteroatoms. The van der Waals surface area contributed by atoms with Gasteiger partial charge in [-0.3, -0.25) is 4.79 Å². The van der Waals surface area contributed by atoms with Crippen LogP contribution in [0.25, 0.3) is 0 Å². The number of nitrogens with two attached hydrogens (primary N) is 1. The third-order valence-electron chi connectivity index (χ3n) is 3.04. The van der Waals surface area contributed by atoms with Gasteiger partial charge in [0.15, 0.2) is 11.7 Å². The summed E-state index contributed by atoms with van der Waals surface area (Å²) in [4.78, 5) is 15.4. The Morgan fingerprint density at radius 3 is 2.62 bits per heavy atom. The Morgan fingerprint density at radius 1 is 1.25 bits per heavy atom. The fraction of sp³-hybridized carbons (Fsp3) is 0.625. The molecule has 0 aromatic carbocycles. The zero-order chi connectivity index (χ0) is 16.9. The predicted molar refractivity (Wildman–Crippen MR) is 106 cm³/mol. The van der Waals surface area contributed by atoms with Crippen LogP contribution in [0.4, 0.5) is 0 Å². The van der Waals surface area contributed by atoms with Gasteiger partial charge in [0.25, 0.3) is 5.91 Å². The third-order valence-corrected chi connectivity index (χ3v) is 3.04. The maximum Gasteiger partial charge on any atom is 0.284 e. The first-order valence-corrected chi connectivity index (χ1v) is 8.15. The smallest absolute Gasteiger partial charge is 0.284 e. The van der Waals surface area contributed by atoms with Crippen molar-refractivity contribution in [3.05, 3.63) is 23.7 Å². The Hall–Kier alpha value is -1.29. The molecule has 1 amide bonds. The first-order chi connectivity index (χ1) is 11.2. The van der Waals surface area contributed by atoms with E-state index in [0.717, 1.165) is 45.6 Å². The number of carbonyl (C=O) groups excluding carboxylic acids is 1. The maximum absolute atomic E-state index is 11.0. The van der Waals surface area contributed by atoms with Gasteiger partial charge < -0.3 is 25.5 Å². The van der Waals surface area contributed by atoms with Gasteiger partial charge in [0.1, 0.15) is 12.3 Å². The van der Waals surface area contributed by atoms with Crippen LogP contribution in [-0.4, -0.2) is 38.2 Å². The van der Waals surface area contributed by atoms with Gasteiger partial charge in [0.05, 0.1) is 0 Å². The number of nitrogens with zero attached hydrogens (tertiary/aromatic N) is 1. The summed E-state index contributed by atoms with van der Waals surface area (Å²) in [6, 6.07) is 3.26. The van der Waals surface area contributed by atoms with Gasteiger partial charge >= 0.3 is 0 Å². The van der Waals surface area contributed by atoms with Crippen LogP contribution in [0, 0.1) is 0 Å². The van der Waals surface area contributed by atoms with Crippen molar-refractivity contribution in [2.24, 2.45) is 10.7 Å². The van der Waals surface area contributed by atoms with Crippen molar-refractivity contribution in [2.75, 3.05) is 26.3 Å². The molecule has 1 heterocycles. The summed E-state index contributed by atoms with van der Waals surface area (Å²) in [5, 5.41) is 6.40. The Morgan fingerprint density at radius 2 is 2.00 bits per heavy atom. The van der Waals surface area contributed by atoms with Crippen molar-refractivity contribution < 1.29 is 13.9 Å². The summed E-state index contributed by atoms with van der Waals surface area (Å²) in [5.74, 6) is 0.878. The molecule has 24 heavy (non-hydrogen) atoms. The molecule has 0 spiro atoms. The highest BCUT2D eigenvalue weighted by molar-refractivity contribution is 14.0. The van der Waals surface area contributed by atoms with Gasteiger partial charge in [0.2, 0.25) is 0 Å². The number of furan rings is 1. The molecule has 138 valence electrons. The van der Waals surface area contributed by atoms with Gasteiger partial charge in [-0.2, -0.15) is 0 Å². The van der Waals surface area contributed by atoms with Crippen molar-refractivity contribution >= 4 is 35.8 Å². The third kappa shape index (κ3) is 9.76. The van der Waals surface area contributed by atoms with Crippen LogP contribution in [0.1, 0.15) is 49.4 Å². The fourth-order valence-electron chi connectivity index (χ4n) is 1.82. The number of carbonyl (C=O) groups is 1. The minimum Gasteiger partial charge on any atom is -0.454 e. The van der Waals surface area contributed by atoms with E-state index in [9.17, 15) is 4.79 Å². The molecule has 7 nitrogen and oxygen atoms in total. The Labute approximate surface area is 160 Å². The van der Waals surface area contributed by atoms with Crippen molar-refractivity contribution in [1.82, 2.24) is 10.6 Å². The molecule has 0 radical (unpaired) electrons. The molecule has 1 aromatic heterocycles. The summed E-state index contributed by atoms with van der Waals surface area (Å²) in [5.41, 5.74) is 5.15. The number of amides is 1. The lowest BCUT2D eigenvalue weighted by molar-refractivity contribution is 0.0972. The van der Waals surface area contributed by atoms with E-state index in [-0.39, 0.29) is 29.7 Å². The van der Waals surface area contributed by atoms with Crippen LogP contribution >= 0.6 is 24.0 Å². The number of hydrogen-bond acceptors (Lipinski definition) is 4. The highest BCUT2D eigenvalue weighted by atomic mass is 127. The molecule has 0 saturated carbocycles. The van der Waals surface area contributed by atoms with E-state index >= 15 is 0 Å². The molecule has 0 aliphatic carbocycles. The van der Waals surface area contributed by atoms with Crippen LogP contribution in [-0.2, 0) is 11.3 Å². The number of aliphatic imine (C=N–C) groups is 1. The number of halogens is 1. The molecule has 0 bridgehead atoms. The maximum atomic E-state index is 11.0. The van der Waals surface area contributed by atoms with Gasteiger partial charge in [-0.15, -0.1) is 24.0 Å². The zero-order valence-electron chi connectivity index (χ0n) is 14.5. The van der Waals surface area contributed by atoms with Crippen LogP contribution in [0.2, 0.25) is 0 Å². The van der Waals surface area contributed by atoms with E-state index in [1.54, 1.807) is 12.1 Å². The zero-order valence-corrected chi connectivity index (χ0v) is 16.8. The molecule has 0 fully saturated rings. The quantitative estimate of drug-likeness (QED) is 0.207. The molecule has 1 rings (SSSR count). The number of unbranched alkanes of at least 4 members (excludes halogenated alkanes) is 1. The lowest BCUT2D eigenvalue weighted by Crippen LogP contribution is -2.38. The minimum absolute atomic E-state index is 0. The standard InChI is InChI=1S/C16H28N4O3.HI/c1-3-5-10-22-11-6-9-19-16(18-4-2)20-12-13-7-8-14(23-13)15(17)21;/h7-8H,3-6,9-12H2,1-2H3,(H2,17,21)(H2,18,19,20);1H. The summed E-state index contributed by atoms with van der Waals surface area (Å²) in [7, 11) is 0. The van der Waals surface area contributed by atoms with E-state index in [4.69, 9.17) is 14.9 Å². The van der Waals surface area contributed by atoms with Gasteiger partial charge in [0, 0.05) is 26.3 Å². The first-order valence-electron chi connectivity index (χ1n) is 8.15. The Kier molecular flexibility index (Phi) is 13.3. The second-order valence-corrected chi connectivity index (χ2v) is 5.07. The topological polar surface area (TPSA) is 102 Å². The van der Waals surface area contributed by atoms with Crippen LogP contribution in [0.15, 0.2) is 21.5 Å². The SMILES string of the molecule is CCCCOCCCNC(=NCc1ccc(C(N)=O)o1)NCC.I. The number of ether oxygens (including phenoxy) is 1. The summed E-state index contributed by atoms with van der Waals surface area (Å²) in [6.07, 6.45) is 3.17. The van der Waals surface area contributed by atoms with Crippen molar-refractivity contribution in [3.63, 3.8) is 0 Å². The van der Waals surface area contributed by atoms with Gasteiger partial charge in [-0.1, -0.05) is 13.3 Å². The Bertz CT molecular complexity index is 491. The molecule has 1 aromatic rings. The molecule has 0 unspecified atom stereocenters. The second-order valence-electron chi connectivity index (χ2n) is 5.07. The summed E-state index contributed by atoms with van der Waals surface area (Å²) in [6.45, 7) is 7.61.